The lowest BCUT2D eigenvalue weighted by Crippen LogP contribution is -2.45. The Morgan fingerprint density at radius 1 is 1.07 bits per heavy atom. The van der Waals surface area contributed by atoms with Gasteiger partial charge in [0.15, 0.2) is 0 Å². The van der Waals surface area contributed by atoms with Crippen molar-refractivity contribution in [1.29, 1.82) is 0 Å². The van der Waals surface area contributed by atoms with Crippen LogP contribution in [0.5, 0.6) is 0 Å². The maximum atomic E-state index is 12.6. The minimum Gasteiger partial charge on any atom is -0.373 e. The molecule has 2 atom stereocenters. The third-order valence-electron chi connectivity index (χ3n) is 5.14. The molecule has 0 radical (unpaired) electrons. The monoisotopic (exact) mass is 412 g/mol. The summed E-state index contributed by atoms with van der Waals surface area (Å²) in [4.78, 5) is 15.0. The fourth-order valence-electron chi connectivity index (χ4n) is 3.79. The van der Waals surface area contributed by atoms with Crippen LogP contribution >= 0.6 is 11.8 Å². The number of nitrogens with zero attached hydrogens (tertiary/aromatic N) is 1. The summed E-state index contributed by atoms with van der Waals surface area (Å²) in [6.45, 7) is 9.71. The highest BCUT2D eigenvalue weighted by Gasteiger charge is 2.22. The Balaban J connectivity index is 1.58. The Labute approximate surface area is 179 Å². The molecule has 2 aromatic rings. The van der Waals surface area contributed by atoms with E-state index in [-0.39, 0.29) is 18.1 Å². The van der Waals surface area contributed by atoms with Gasteiger partial charge >= 0.3 is 0 Å². The molecule has 2 aromatic carbocycles. The minimum absolute atomic E-state index is 0.0249. The van der Waals surface area contributed by atoms with E-state index in [1.165, 1.54) is 16.7 Å². The van der Waals surface area contributed by atoms with Crippen molar-refractivity contribution in [3.63, 3.8) is 0 Å². The molecule has 1 saturated heterocycles. The summed E-state index contributed by atoms with van der Waals surface area (Å²) >= 11 is 1.89. The topological polar surface area (TPSA) is 41.6 Å². The SMILES string of the molecule is CCSCc1ccc(C(=O)NCc2ccccc2CN2CC(C)OC(C)C2)cc1. The second-order valence-corrected chi connectivity index (χ2v) is 9.01. The molecule has 1 heterocycles. The van der Waals surface area contributed by atoms with Gasteiger partial charge in [0.2, 0.25) is 0 Å². The number of thioether (sulfide) groups is 1. The van der Waals surface area contributed by atoms with Crippen molar-refractivity contribution in [3.8, 4) is 0 Å². The van der Waals surface area contributed by atoms with Crippen molar-refractivity contribution >= 4 is 17.7 Å². The number of benzene rings is 2. The van der Waals surface area contributed by atoms with Crippen molar-refractivity contribution in [2.24, 2.45) is 0 Å². The van der Waals surface area contributed by atoms with Crippen LogP contribution in [0.4, 0.5) is 0 Å². The van der Waals surface area contributed by atoms with Gasteiger partial charge in [-0.3, -0.25) is 9.69 Å². The number of nitrogens with one attached hydrogen (secondary N) is 1. The van der Waals surface area contributed by atoms with Crippen LogP contribution in [0, 0.1) is 0 Å². The predicted octanol–water partition coefficient (Wildman–Crippen LogP) is 4.48. The molecule has 156 valence electrons. The molecule has 0 bridgehead atoms. The number of carbonyl (C=O) groups is 1. The van der Waals surface area contributed by atoms with Gasteiger partial charge in [-0.05, 0) is 48.4 Å². The Hall–Kier alpha value is -1.82. The molecule has 1 N–H and O–H groups in total. The maximum Gasteiger partial charge on any atom is 0.251 e. The molecular formula is C24H32N2O2S. The summed E-state index contributed by atoms with van der Waals surface area (Å²) in [5.41, 5.74) is 4.40. The van der Waals surface area contributed by atoms with Crippen molar-refractivity contribution in [3.05, 3.63) is 70.8 Å². The zero-order valence-electron chi connectivity index (χ0n) is 17.7. The highest BCUT2D eigenvalue weighted by molar-refractivity contribution is 7.98. The summed E-state index contributed by atoms with van der Waals surface area (Å²) in [5.74, 6) is 2.07. The van der Waals surface area contributed by atoms with Crippen LogP contribution in [0.3, 0.4) is 0 Å². The van der Waals surface area contributed by atoms with Gasteiger partial charge in [-0.1, -0.05) is 43.3 Å². The average molecular weight is 413 g/mol. The van der Waals surface area contributed by atoms with Crippen LogP contribution in [-0.2, 0) is 23.6 Å². The number of ether oxygens (including phenoxy) is 1. The number of hydrogen-bond acceptors (Lipinski definition) is 4. The van der Waals surface area contributed by atoms with E-state index in [9.17, 15) is 4.79 Å². The maximum absolute atomic E-state index is 12.6. The normalized spacial score (nSPS) is 19.8. The van der Waals surface area contributed by atoms with E-state index in [1.807, 2.05) is 42.1 Å². The fourth-order valence-corrected chi connectivity index (χ4v) is 4.42. The van der Waals surface area contributed by atoms with E-state index in [4.69, 9.17) is 4.74 Å². The van der Waals surface area contributed by atoms with Gasteiger partial charge in [-0.2, -0.15) is 11.8 Å². The molecule has 5 heteroatoms. The van der Waals surface area contributed by atoms with Gasteiger partial charge in [-0.25, -0.2) is 0 Å². The summed E-state index contributed by atoms with van der Waals surface area (Å²) < 4.78 is 5.84. The summed E-state index contributed by atoms with van der Waals surface area (Å²) in [5, 5.41) is 3.09. The second kappa shape index (κ2) is 10.8. The van der Waals surface area contributed by atoms with Crippen LogP contribution in [0.1, 0.15) is 47.8 Å². The molecule has 1 aliphatic heterocycles. The van der Waals surface area contributed by atoms with Gasteiger partial charge in [0.05, 0.1) is 12.2 Å². The van der Waals surface area contributed by atoms with E-state index in [1.54, 1.807) is 0 Å². The molecule has 2 unspecified atom stereocenters. The molecule has 1 aliphatic rings. The molecule has 0 aliphatic carbocycles. The number of rotatable bonds is 8. The Bertz CT molecular complexity index is 784. The standard InChI is InChI=1S/C24H32N2O2S/c1-4-29-17-20-9-11-21(12-10-20)24(27)25-13-22-7-5-6-8-23(22)16-26-14-18(2)28-19(3)15-26/h5-12,18-19H,4,13-17H2,1-3H3,(H,25,27). The zero-order valence-corrected chi connectivity index (χ0v) is 18.5. The van der Waals surface area contributed by atoms with Crippen molar-refractivity contribution < 1.29 is 9.53 Å². The molecule has 0 saturated carbocycles. The van der Waals surface area contributed by atoms with Gasteiger partial charge < -0.3 is 10.1 Å². The molecular weight excluding hydrogens is 380 g/mol. The lowest BCUT2D eigenvalue weighted by atomic mass is 10.1. The van der Waals surface area contributed by atoms with E-state index < -0.39 is 0 Å². The summed E-state index contributed by atoms with van der Waals surface area (Å²) in [7, 11) is 0. The highest BCUT2D eigenvalue weighted by Crippen LogP contribution is 2.17. The summed E-state index contributed by atoms with van der Waals surface area (Å²) in [6, 6.07) is 16.3. The lowest BCUT2D eigenvalue weighted by molar-refractivity contribution is -0.0705. The van der Waals surface area contributed by atoms with Gasteiger partial charge in [0.1, 0.15) is 0 Å². The molecule has 1 fully saturated rings. The first kappa shape index (κ1) is 21.9. The second-order valence-electron chi connectivity index (χ2n) is 7.74. The van der Waals surface area contributed by atoms with Gasteiger partial charge in [-0.15, -0.1) is 0 Å². The van der Waals surface area contributed by atoms with E-state index in [2.05, 4.69) is 49.2 Å². The first-order chi connectivity index (χ1) is 14.0. The number of amides is 1. The van der Waals surface area contributed by atoms with Crippen LogP contribution in [0.15, 0.2) is 48.5 Å². The first-order valence-electron chi connectivity index (χ1n) is 10.4. The van der Waals surface area contributed by atoms with Crippen molar-refractivity contribution in [2.75, 3.05) is 18.8 Å². The van der Waals surface area contributed by atoms with E-state index in [0.29, 0.717) is 12.1 Å². The van der Waals surface area contributed by atoms with Crippen LogP contribution in [0.2, 0.25) is 0 Å². The number of carbonyl (C=O) groups excluding carboxylic acids is 1. The van der Waals surface area contributed by atoms with E-state index >= 15 is 0 Å². The zero-order chi connectivity index (χ0) is 20.6. The fraction of sp³-hybridized carbons (Fsp3) is 0.458. The molecule has 1 amide bonds. The third kappa shape index (κ3) is 6.59. The third-order valence-corrected chi connectivity index (χ3v) is 6.08. The summed E-state index contributed by atoms with van der Waals surface area (Å²) in [6.07, 6.45) is 0.508. The smallest absolute Gasteiger partial charge is 0.251 e. The Kier molecular flexibility index (Phi) is 8.16. The molecule has 29 heavy (non-hydrogen) atoms. The first-order valence-corrected chi connectivity index (χ1v) is 11.6. The van der Waals surface area contributed by atoms with Gasteiger partial charge in [0, 0.05) is 37.5 Å². The van der Waals surface area contributed by atoms with Crippen LogP contribution in [0.25, 0.3) is 0 Å². The molecule has 3 rings (SSSR count). The Morgan fingerprint density at radius 2 is 1.72 bits per heavy atom. The highest BCUT2D eigenvalue weighted by atomic mass is 32.2. The quantitative estimate of drug-likeness (QED) is 0.694. The molecule has 0 aromatic heterocycles. The van der Waals surface area contributed by atoms with Gasteiger partial charge in [0.25, 0.3) is 5.91 Å². The lowest BCUT2D eigenvalue weighted by Gasteiger charge is -2.35. The molecule has 4 nitrogen and oxygen atoms in total. The van der Waals surface area contributed by atoms with Crippen molar-refractivity contribution in [2.45, 2.75) is 51.8 Å². The largest absolute Gasteiger partial charge is 0.373 e. The minimum atomic E-state index is -0.0249. The van der Waals surface area contributed by atoms with Crippen molar-refractivity contribution in [1.82, 2.24) is 10.2 Å². The number of hydrogen-bond donors (Lipinski definition) is 1. The van der Waals surface area contributed by atoms with Crippen LogP contribution < -0.4 is 5.32 Å². The molecule has 0 spiro atoms. The van der Waals surface area contributed by atoms with E-state index in [0.717, 1.165) is 31.1 Å². The predicted molar refractivity (Wildman–Crippen MR) is 121 cm³/mol. The average Bonchev–Trinajstić information content (AvgIpc) is 2.71. The van der Waals surface area contributed by atoms with Crippen LogP contribution in [-0.4, -0.2) is 41.9 Å². The Morgan fingerprint density at radius 3 is 2.38 bits per heavy atom. The number of morpholine rings is 1.